The lowest BCUT2D eigenvalue weighted by atomic mass is 9.97. The average molecular weight is 386 g/mol. The number of likely N-dealkylation sites (tertiary alicyclic amines) is 1. The van der Waals surface area contributed by atoms with E-state index in [1.54, 1.807) is 12.1 Å². The van der Waals surface area contributed by atoms with Crippen molar-refractivity contribution in [1.29, 1.82) is 0 Å². The van der Waals surface area contributed by atoms with E-state index in [-0.39, 0.29) is 5.75 Å². The minimum atomic E-state index is -4.33. The molecule has 5 nitrogen and oxygen atoms in total. The van der Waals surface area contributed by atoms with Gasteiger partial charge in [0, 0.05) is 13.1 Å². The van der Waals surface area contributed by atoms with Crippen molar-refractivity contribution in [2.75, 3.05) is 39.8 Å². The summed E-state index contributed by atoms with van der Waals surface area (Å²) in [6.07, 6.45) is -1.96. The Hall–Kier alpha value is -1.96. The molecule has 2 N–H and O–H groups in total. The van der Waals surface area contributed by atoms with Crippen LogP contribution < -0.4 is 15.4 Å². The lowest BCUT2D eigenvalue weighted by molar-refractivity contribution is -0.153. The summed E-state index contributed by atoms with van der Waals surface area (Å²) in [6.45, 7) is 5.09. The number of guanidine groups is 1. The fourth-order valence-electron chi connectivity index (χ4n) is 2.88. The van der Waals surface area contributed by atoms with Gasteiger partial charge >= 0.3 is 6.18 Å². The average Bonchev–Trinajstić information content (AvgIpc) is 2.64. The van der Waals surface area contributed by atoms with Crippen molar-refractivity contribution in [3.05, 3.63) is 29.8 Å². The second-order valence-corrected chi connectivity index (χ2v) is 6.87. The summed E-state index contributed by atoms with van der Waals surface area (Å²) in [7, 11) is 2.15. The summed E-state index contributed by atoms with van der Waals surface area (Å²) in [6, 6.07) is 6.54. The van der Waals surface area contributed by atoms with Gasteiger partial charge in [0.25, 0.3) is 0 Å². The molecule has 0 aromatic heterocycles. The maximum atomic E-state index is 12.2. The Morgan fingerprint density at radius 1 is 1.19 bits per heavy atom. The first-order chi connectivity index (χ1) is 12.9. The number of hydrogen-bond acceptors (Lipinski definition) is 3. The van der Waals surface area contributed by atoms with E-state index in [0.717, 1.165) is 37.7 Å². The van der Waals surface area contributed by atoms with E-state index in [4.69, 9.17) is 4.74 Å². The van der Waals surface area contributed by atoms with Gasteiger partial charge in [-0.05, 0) is 63.5 Å². The van der Waals surface area contributed by atoms with E-state index >= 15 is 0 Å². The highest BCUT2D eigenvalue weighted by atomic mass is 19.4. The largest absolute Gasteiger partial charge is 0.484 e. The second-order valence-electron chi connectivity index (χ2n) is 6.87. The fourth-order valence-corrected chi connectivity index (χ4v) is 2.88. The van der Waals surface area contributed by atoms with Crippen molar-refractivity contribution in [2.45, 2.75) is 32.5 Å². The van der Waals surface area contributed by atoms with E-state index in [1.807, 2.05) is 6.92 Å². The molecule has 1 heterocycles. The molecule has 8 heteroatoms. The first-order valence-corrected chi connectivity index (χ1v) is 9.35. The van der Waals surface area contributed by atoms with Crippen LogP contribution in [0.2, 0.25) is 0 Å². The van der Waals surface area contributed by atoms with Gasteiger partial charge in [0.15, 0.2) is 12.6 Å². The standard InChI is InChI=1S/C19H29F3N4O/c1-3-23-18(25-13-16-8-10-26(2)11-9-16)24-12-15-4-6-17(7-5-15)27-14-19(20,21)22/h4-7,16H,3,8-14H2,1-2H3,(H2,23,24,25). The van der Waals surface area contributed by atoms with Crippen LogP contribution in [0.5, 0.6) is 5.75 Å². The van der Waals surface area contributed by atoms with E-state index in [0.29, 0.717) is 12.5 Å². The number of nitrogens with one attached hydrogen (secondary N) is 2. The summed E-state index contributed by atoms with van der Waals surface area (Å²) in [5, 5.41) is 6.62. The zero-order valence-corrected chi connectivity index (χ0v) is 16.0. The van der Waals surface area contributed by atoms with Crippen LogP contribution in [-0.2, 0) is 6.54 Å². The van der Waals surface area contributed by atoms with Crippen molar-refractivity contribution in [3.8, 4) is 5.75 Å². The zero-order valence-electron chi connectivity index (χ0n) is 16.0. The highest BCUT2D eigenvalue weighted by molar-refractivity contribution is 5.79. The molecule has 0 aliphatic carbocycles. The Bertz CT molecular complexity index is 582. The van der Waals surface area contributed by atoms with Gasteiger partial charge in [-0.25, -0.2) is 4.99 Å². The monoisotopic (exact) mass is 386 g/mol. The molecule has 1 aliphatic rings. The van der Waals surface area contributed by atoms with E-state index in [1.165, 1.54) is 25.0 Å². The minimum absolute atomic E-state index is 0.201. The van der Waals surface area contributed by atoms with Crippen molar-refractivity contribution in [3.63, 3.8) is 0 Å². The SMILES string of the molecule is CCNC(=NCc1ccc(OCC(F)(F)F)cc1)NCC1CCN(C)CC1. The first-order valence-electron chi connectivity index (χ1n) is 9.35. The van der Waals surface area contributed by atoms with Crippen molar-refractivity contribution in [2.24, 2.45) is 10.9 Å². The van der Waals surface area contributed by atoms with Gasteiger partial charge in [-0.2, -0.15) is 13.2 Å². The molecule has 1 fully saturated rings. The number of nitrogens with zero attached hydrogens (tertiary/aromatic N) is 2. The maximum absolute atomic E-state index is 12.2. The van der Waals surface area contributed by atoms with Crippen LogP contribution in [0.3, 0.4) is 0 Å². The van der Waals surface area contributed by atoms with Gasteiger partial charge in [-0.3, -0.25) is 0 Å². The molecule has 0 atom stereocenters. The zero-order chi connectivity index (χ0) is 19.7. The Morgan fingerprint density at radius 3 is 2.44 bits per heavy atom. The second kappa shape index (κ2) is 10.4. The molecule has 1 aromatic carbocycles. The number of rotatable bonds is 7. The van der Waals surface area contributed by atoms with Gasteiger partial charge in [-0.15, -0.1) is 0 Å². The predicted octanol–water partition coefficient (Wildman–Crippen LogP) is 3.02. The third-order valence-electron chi connectivity index (χ3n) is 4.49. The van der Waals surface area contributed by atoms with Crippen LogP contribution in [0.1, 0.15) is 25.3 Å². The Morgan fingerprint density at radius 2 is 1.85 bits per heavy atom. The molecule has 0 saturated carbocycles. The molecule has 2 rings (SSSR count). The van der Waals surface area contributed by atoms with E-state index in [2.05, 4.69) is 27.6 Å². The van der Waals surface area contributed by atoms with Gasteiger partial charge in [-0.1, -0.05) is 12.1 Å². The number of aliphatic imine (C=N–C) groups is 1. The van der Waals surface area contributed by atoms with Crippen LogP contribution in [0, 0.1) is 5.92 Å². The van der Waals surface area contributed by atoms with Gasteiger partial charge in [0.2, 0.25) is 0 Å². The van der Waals surface area contributed by atoms with Crippen LogP contribution in [-0.4, -0.2) is 56.9 Å². The Kier molecular flexibility index (Phi) is 8.22. The third-order valence-corrected chi connectivity index (χ3v) is 4.49. The van der Waals surface area contributed by atoms with Crippen molar-refractivity contribution in [1.82, 2.24) is 15.5 Å². The van der Waals surface area contributed by atoms with Crippen LogP contribution in [0.4, 0.5) is 13.2 Å². The Balaban J connectivity index is 1.82. The highest BCUT2D eigenvalue weighted by Gasteiger charge is 2.28. The van der Waals surface area contributed by atoms with E-state index < -0.39 is 12.8 Å². The topological polar surface area (TPSA) is 48.9 Å². The summed E-state index contributed by atoms with van der Waals surface area (Å²) in [5.74, 6) is 1.61. The van der Waals surface area contributed by atoms with Gasteiger partial charge in [0.1, 0.15) is 5.75 Å². The predicted molar refractivity (Wildman–Crippen MR) is 101 cm³/mol. The molecule has 0 unspecified atom stereocenters. The Labute approximate surface area is 159 Å². The molecule has 0 amide bonds. The lowest BCUT2D eigenvalue weighted by Gasteiger charge is -2.29. The number of piperidine rings is 1. The van der Waals surface area contributed by atoms with E-state index in [9.17, 15) is 13.2 Å². The summed E-state index contributed by atoms with van der Waals surface area (Å²) < 4.78 is 41.2. The summed E-state index contributed by atoms with van der Waals surface area (Å²) in [5.41, 5.74) is 0.908. The molecule has 0 bridgehead atoms. The van der Waals surface area contributed by atoms with Crippen LogP contribution in [0.15, 0.2) is 29.3 Å². The molecule has 0 spiro atoms. The number of hydrogen-bond donors (Lipinski definition) is 2. The van der Waals surface area contributed by atoms with Crippen LogP contribution >= 0.6 is 0 Å². The smallest absolute Gasteiger partial charge is 0.422 e. The van der Waals surface area contributed by atoms with Crippen molar-refractivity contribution < 1.29 is 17.9 Å². The quantitative estimate of drug-likeness (QED) is 0.559. The minimum Gasteiger partial charge on any atom is -0.484 e. The maximum Gasteiger partial charge on any atom is 0.422 e. The number of benzene rings is 1. The molecule has 1 aliphatic heterocycles. The lowest BCUT2D eigenvalue weighted by Crippen LogP contribution is -2.42. The number of ether oxygens (including phenoxy) is 1. The molecular formula is C19H29F3N4O. The van der Waals surface area contributed by atoms with Crippen molar-refractivity contribution >= 4 is 5.96 Å². The number of alkyl halides is 3. The summed E-state index contributed by atoms with van der Waals surface area (Å²) in [4.78, 5) is 6.91. The summed E-state index contributed by atoms with van der Waals surface area (Å²) >= 11 is 0. The first kappa shape index (κ1) is 21.3. The number of halogens is 3. The van der Waals surface area contributed by atoms with Gasteiger partial charge in [0.05, 0.1) is 6.54 Å². The molecule has 1 saturated heterocycles. The van der Waals surface area contributed by atoms with Gasteiger partial charge < -0.3 is 20.3 Å². The molecule has 27 heavy (non-hydrogen) atoms. The fraction of sp³-hybridized carbons (Fsp3) is 0.632. The molecule has 1 aromatic rings. The molecule has 0 radical (unpaired) electrons. The molecular weight excluding hydrogens is 357 g/mol. The third kappa shape index (κ3) is 8.51. The normalized spacial score (nSPS) is 17.0. The highest BCUT2D eigenvalue weighted by Crippen LogP contribution is 2.19. The van der Waals surface area contributed by atoms with Crippen LogP contribution in [0.25, 0.3) is 0 Å². The molecule has 152 valence electrons.